The second-order valence-corrected chi connectivity index (χ2v) is 11.6. The molecule has 10 nitrogen and oxygen atoms in total. The van der Waals surface area contributed by atoms with E-state index in [0.29, 0.717) is 17.9 Å². The average Bonchev–Trinajstić information content (AvgIpc) is 2.64. The monoisotopic (exact) mass is 499 g/mol. The topological polar surface area (TPSA) is 156 Å². The summed E-state index contributed by atoms with van der Waals surface area (Å²) in [5, 5.41) is 12.4. The Morgan fingerprint density at radius 1 is 1.09 bits per heavy atom. The number of aliphatic hydroxyl groups excluding tert-OH is 1. The maximum Gasteiger partial charge on any atom is 0.311 e. The first-order valence-electron chi connectivity index (χ1n) is 10.3. The summed E-state index contributed by atoms with van der Waals surface area (Å²) in [6.07, 6.45) is -0.446. The van der Waals surface area contributed by atoms with Gasteiger partial charge in [-0.15, -0.1) is 0 Å². The van der Waals surface area contributed by atoms with Crippen molar-refractivity contribution in [1.82, 2.24) is 5.32 Å². The zero-order chi connectivity index (χ0) is 25.2. The number of thioether (sulfide) groups is 1. The Morgan fingerprint density at radius 3 is 2.19 bits per heavy atom. The van der Waals surface area contributed by atoms with E-state index in [2.05, 4.69) is 5.32 Å². The fraction of sp³-hybridized carbons (Fsp3) is 0.850. The number of carbonyl (C=O) groups excluding carboxylic acids is 3. The van der Waals surface area contributed by atoms with Crippen molar-refractivity contribution >= 4 is 39.7 Å². The van der Waals surface area contributed by atoms with Gasteiger partial charge < -0.3 is 19.9 Å². The minimum Gasteiger partial charge on any atom is -0.463 e. The Labute approximate surface area is 194 Å². The summed E-state index contributed by atoms with van der Waals surface area (Å²) in [6, 6.07) is 0. The standard InChI is InChI=1S/C20H37NO9S2/c1-7-19(3,4)18(25)30-11-15(22)10-29-16(23)8-9-31-12-14(2)17(24)21-20(5,6)13-32(26,27)28/h14-15,22H,7-13H2,1-6H3,(H,21,24)(H,26,27,28). The number of rotatable bonds is 15. The Kier molecular flexibility index (Phi) is 12.8. The predicted molar refractivity (Wildman–Crippen MR) is 122 cm³/mol. The maximum absolute atomic E-state index is 12.2. The summed E-state index contributed by atoms with van der Waals surface area (Å²) in [5.41, 5.74) is -1.76. The molecule has 0 spiro atoms. The molecule has 0 radical (unpaired) electrons. The van der Waals surface area contributed by atoms with Crippen molar-refractivity contribution in [3.05, 3.63) is 0 Å². The number of hydrogen-bond donors (Lipinski definition) is 3. The molecule has 2 atom stereocenters. The Balaban J connectivity index is 4.12. The molecule has 0 aliphatic carbocycles. The highest BCUT2D eigenvalue weighted by Crippen LogP contribution is 2.21. The van der Waals surface area contributed by atoms with Crippen molar-refractivity contribution in [2.24, 2.45) is 11.3 Å². The second-order valence-electron chi connectivity index (χ2n) is 9.00. The van der Waals surface area contributed by atoms with Gasteiger partial charge in [0.2, 0.25) is 5.91 Å². The summed E-state index contributed by atoms with van der Waals surface area (Å²) in [7, 11) is -4.22. The van der Waals surface area contributed by atoms with E-state index in [1.807, 2.05) is 6.92 Å². The molecule has 1 amide bonds. The van der Waals surface area contributed by atoms with E-state index in [1.165, 1.54) is 25.6 Å². The molecule has 32 heavy (non-hydrogen) atoms. The van der Waals surface area contributed by atoms with Crippen LogP contribution >= 0.6 is 11.8 Å². The molecule has 0 fully saturated rings. The summed E-state index contributed by atoms with van der Waals surface area (Å²) in [4.78, 5) is 35.8. The van der Waals surface area contributed by atoms with Crippen molar-refractivity contribution in [2.75, 3.05) is 30.5 Å². The smallest absolute Gasteiger partial charge is 0.311 e. The molecular weight excluding hydrogens is 462 g/mol. The highest BCUT2D eigenvalue weighted by molar-refractivity contribution is 7.99. The number of esters is 2. The van der Waals surface area contributed by atoms with Crippen LogP contribution in [0.4, 0.5) is 0 Å². The number of hydrogen-bond acceptors (Lipinski definition) is 9. The molecular formula is C20H37NO9S2. The highest BCUT2D eigenvalue weighted by Gasteiger charge is 2.29. The third-order valence-corrected chi connectivity index (χ3v) is 6.87. The Bertz CT molecular complexity index is 735. The normalized spacial score (nSPS) is 14.4. The van der Waals surface area contributed by atoms with Gasteiger partial charge in [-0.3, -0.25) is 18.9 Å². The van der Waals surface area contributed by atoms with Gasteiger partial charge in [0, 0.05) is 17.4 Å². The molecule has 0 rings (SSSR count). The lowest BCUT2D eigenvalue weighted by Crippen LogP contribution is -2.50. The van der Waals surface area contributed by atoms with Crippen molar-refractivity contribution < 1.29 is 41.9 Å². The van der Waals surface area contributed by atoms with E-state index in [1.54, 1.807) is 20.8 Å². The molecule has 2 unspecified atom stereocenters. The molecule has 0 aromatic carbocycles. The molecule has 3 N–H and O–H groups in total. The van der Waals surface area contributed by atoms with E-state index >= 15 is 0 Å². The maximum atomic E-state index is 12.2. The van der Waals surface area contributed by atoms with Crippen LogP contribution in [-0.2, 0) is 34.0 Å². The molecule has 0 aliphatic rings. The van der Waals surface area contributed by atoms with Crippen LogP contribution in [0.1, 0.15) is 54.4 Å². The molecule has 188 valence electrons. The van der Waals surface area contributed by atoms with Crippen LogP contribution < -0.4 is 5.32 Å². The largest absolute Gasteiger partial charge is 0.463 e. The molecule has 0 heterocycles. The van der Waals surface area contributed by atoms with Gasteiger partial charge in [0.1, 0.15) is 19.3 Å². The number of ether oxygens (including phenoxy) is 2. The number of amides is 1. The van der Waals surface area contributed by atoms with Crippen molar-refractivity contribution in [3.8, 4) is 0 Å². The van der Waals surface area contributed by atoms with Crippen molar-refractivity contribution in [1.29, 1.82) is 0 Å². The summed E-state index contributed by atoms with van der Waals surface area (Å²) in [5.74, 6) is -1.57. The fourth-order valence-electron chi connectivity index (χ4n) is 2.26. The number of carbonyl (C=O) groups is 3. The van der Waals surface area contributed by atoms with Gasteiger partial charge in [0.05, 0.1) is 23.1 Å². The zero-order valence-corrected chi connectivity index (χ0v) is 21.3. The molecule has 0 bridgehead atoms. The SMILES string of the molecule is CCC(C)(C)C(=O)OCC(O)COC(=O)CCSCC(C)C(=O)NC(C)(C)CS(=O)(=O)O. The molecule has 0 aromatic rings. The van der Waals surface area contributed by atoms with Gasteiger partial charge in [-0.25, -0.2) is 0 Å². The minimum absolute atomic E-state index is 0.0721. The van der Waals surface area contributed by atoms with Gasteiger partial charge >= 0.3 is 11.9 Å². The van der Waals surface area contributed by atoms with Crippen LogP contribution in [-0.4, -0.2) is 78.0 Å². The first-order valence-corrected chi connectivity index (χ1v) is 13.1. The minimum atomic E-state index is -4.22. The van der Waals surface area contributed by atoms with Crippen LogP contribution in [0.15, 0.2) is 0 Å². The van der Waals surface area contributed by atoms with E-state index in [0.717, 1.165) is 0 Å². The Hall–Kier alpha value is -1.37. The predicted octanol–water partition coefficient (Wildman–Crippen LogP) is 1.41. The molecule has 0 aliphatic heterocycles. The van der Waals surface area contributed by atoms with Crippen LogP contribution in [0.5, 0.6) is 0 Å². The number of aliphatic hydroxyl groups is 1. The van der Waals surface area contributed by atoms with Gasteiger partial charge in [-0.05, 0) is 34.1 Å². The second kappa shape index (κ2) is 13.4. The van der Waals surface area contributed by atoms with Crippen molar-refractivity contribution in [3.63, 3.8) is 0 Å². The summed E-state index contributed by atoms with van der Waals surface area (Å²) >= 11 is 1.35. The first-order chi connectivity index (χ1) is 14.5. The van der Waals surface area contributed by atoms with Crippen LogP contribution in [0.3, 0.4) is 0 Å². The quantitative estimate of drug-likeness (QED) is 0.171. The lowest BCUT2D eigenvalue weighted by molar-refractivity contribution is -0.159. The zero-order valence-electron chi connectivity index (χ0n) is 19.7. The van der Waals surface area contributed by atoms with Crippen LogP contribution in [0.25, 0.3) is 0 Å². The van der Waals surface area contributed by atoms with Gasteiger partial charge in [-0.1, -0.05) is 13.8 Å². The fourth-order valence-corrected chi connectivity index (χ4v) is 4.23. The highest BCUT2D eigenvalue weighted by atomic mass is 32.2. The Morgan fingerprint density at radius 2 is 1.66 bits per heavy atom. The van der Waals surface area contributed by atoms with E-state index in [4.69, 9.17) is 14.0 Å². The average molecular weight is 500 g/mol. The van der Waals surface area contributed by atoms with Crippen LogP contribution in [0.2, 0.25) is 0 Å². The lowest BCUT2D eigenvalue weighted by Gasteiger charge is -2.26. The van der Waals surface area contributed by atoms with Gasteiger partial charge in [-0.2, -0.15) is 20.2 Å². The van der Waals surface area contributed by atoms with E-state index in [9.17, 15) is 27.9 Å². The van der Waals surface area contributed by atoms with Gasteiger partial charge in [0.15, 0.2) is 0 Å². The summed E-state index contributed by atoms with van der Waals surface area (Å²) in [6.45, 7) is 9.45. The first kappa shape index (κ1) is 30.6. The van der Waals surface area contributed by atoms with Gasteiger partial charge in [0.25, 0.3) is 10.1 Å². The van der Waals surface area contributed by atoms with Crippen LogP contribution in [0, 0.1) is 11.3 Å². The third kappa shape index (κ3) is 13.9. The van der Waals surface area contributed by atoms with Crippen molar-refractivity contribution in [2.45, 2.75) is 66.0 Å². The number of nitrogens with one attached hydrogen (secondary N) is 1. The third-order valence-electron chi connectivity index (χ3n) is 4.55. The van der Waals surface area contributed by atoms with E-state index < -0.39 is 50.8 Å². The molecule has 0 saturated carbocycles. The van der Waals surface area contributed by atoms with E-state index in [-0.39, 0.29) is 25.5 Å². The molecule has 0 aromatic heterocycles. The summed E-state index contributed by atoms with van der Waals surface area (Å²) < 4.78 is 40.9. The molecule has 12 heteroatoms. The lowest BCUT2D eigenvalue weighted by atomic mass is 9.91. The molecule has 0 saturated heterocycles.